The molecule has 2 bridgehead atoms. The molecule has 4 saturated heterocycles. The zero-order valence-electron chi connectivity index (χ0n) is 17.0. The molecule has 5 aliphatic rings. The molecule has 0 aromatic carbocycles. The van der Waals surface area contributed by atoms with Gasteiger partial charge in [-0.3, -0.25) is 15.0 Å². The van der Waals surface area contributed by atoms with Crippen LogP contribution in [0.15, 0.2) is 0 Å². The maximum atomic E-state index is 13.2. The van der Waals surface area contributed by atoms with Gasteiger partial charge in [0.25, 0.3) is 0 Å². The maximum Gasteiger partial charge on any atom is 0.246 e. The molecule has 7 unspecified atom stereocenters. The molecule has 0 aromatic rings. The summed E-state index contributed by atoms with van der Waals surface area (Å²) >= 11 is 0. The third-order valence-corrected chi connectivity index (χ3v) is 7.21. The zero-order valence-corrected chi connectivity index (χ0v) is 17.0. The van der Waals surface area contributed by atoms with Crippen molar-refractivity contribution < 1.29 is 28.9 Å². The van der Waals surface area contributed by atoms with Gasteiger partial charge in [0.15, 0.2) is 11.8 Å². The fraction of sp³-hybridized carbons (Fsp3) is 0.850. The third kappa shape index (κ3) is 2.88. The van der Waals surface area contributed by atoms with Gasteiger partial charge in [-0.05, 0) is 44.9 Å². The van der Waals surface area contributed by atoms with E-state index in [4.69, 9.17) is 14.5 Å². The summed E-state index contributed by atoms with van der Waals surface area (Å²) in [5.74, 6) is -1.35. The second kappa shape index (κ2) is 6.78. The third-order valence-electron chi connectivity index (χ3n) is 7.21. The minimum atomic E-state index is -0.958. The molecular formula is C20H30N2O6. The molecule has 5 rings (SSSR count). The molecule has 4 aliphatic heterocycles. The first kappa shape index (κ1) is 19.8. The normalized spacial score (nSPS) is 44.6. The number of carbonyl (C=O) groups excluding carboxylic acids is 3. The van der Waals surface area contributed by atoms with Gasteiger partial charge in [0.1, 0.15) is 5.78 Å². The summed E-state index contributed by atoms with van der Waals surface area (Å²) in [7, 11) is 0. The monoisotopic (exact) mass is 394 g/mol. The molecule has 1 spiro atoms. The van der Waals surface area contributed by atoms with Gasteiger partial charge in [-0.1, -0.05) is 13.8 Å². The van der Waals surface area contributed by atoms with E-state index in [0.29, 0.717) is 12.3 Å². The molecule has 0 radical (unpaired) electrons. The summed E-state index contributed by atoms with van der Waals surface area (Å²) in [6.45, 7) is 7.36. The Hall–Kier alpha value is -1.51. The van der Waals surface area contributed by atoms with Crippen molar-refractivity contribution in [1.29, 1.82) is 0 Å². The topological polar surface area (TPSA) is 94.2 Å². The van der Waals surface area contributed by atoms with E-state index in [1.165, 1.54) is 11.9 Å². The molecular weight excluding hydrogens is 364 g/mol. The first-order valence-electron chi connectivity index (χ1n) is 10.3. The Kier molecular flexibility index (Phi) is 4.79. The van der Waals surface area contributed by atoms with Gasteiger partial charge in [-0.25, -0.2) is 14.8 Å². The first-order valence-corrected chi connectivity index (χ1v) is 10.3. The molecule has 1 aliphatic carbocycles. The SMILES string of the molecule is CC(=O)CCC(=O)NN1C(=O)C(C)C2CCC(C)C3CCC4(C)OOC32C1O4. The highest BCUT2D eigenvalue weighted by Crippen LogP contribution is 2.60. The molecule has 8 nitrogen and oxygen atoms in total. The number of rotatable bonds is 4. The molecule has 5 fully saturated rings. The number of nitrogens with zero attached hydrogens (tertiary/aromatic N) is 1. The van der Waals surface area contributed by atoms with Gasteiger partial charge < -0.3 is 9.53 Å². The molecule has 28 heavy (non-hydrogen) atoms. The molecule has 7 atom stereocenters. The van der Waals surface area contributed by atoms with Crippen LogP contribution in [0.4, 0.5) is 0 Å². The lowest BCUT2D eigenvalue weighted by atomic mass is 9.57. The van der Waals surface area contributed by atoms with Crippen molar-refractivity contribution >= 4 is 17.6 Å². The van der Waals surface area contributed by atoms with Crippen LogP contribution in [0.1, 0.15) is 66.2 Å². The number of hydrogen-bond acceptors (Lipinski definition) is 6. The van der Waals surface area contributed by atoms with Crippen molar-refractivity contribution in [2.24, 2.45) is 23.7 Å². The summed E-state index contributed by atoms with van der Waals surface area (Å²) in [5.41, 5.74) is 1.92. The number of nitrogens with one attached hydrogen (secondary N) is 1. The highest BCUT2D eigenvalue weighted by molar-refractivity contribution is 5.87. The smallest absolute Gasteiger partial charge is 0.246 e. The van der Waals surface area contributed by atoms with Crippen molar-refractivity contribution in [3.63, 3.8) is 0 Å². The van der Waals surface area contributed by atoms with E-state index in [1.54, 1.807) is 0 Å². The molecule has 156 valence electrons. The molecule has 1 N–H and O–H groups in total. The van der Waals surface area contributed by atoms with Gasteiger partial charge in [-0.15, -0.1) is 0 Å². The molecule has 2 amide bonds. The van der Waals surface area contributed by atoms with E-state index in [9.17, 15) is 14.4 Å². The summed E-state index contributed by atoms with van der Waals surface area (Å²) in [5, 5.41) is 1.32. The minimum Gasteiger partial charge on any atom is -0.319 e. The number of piperidine rings is 1. The summed E-state index contributed by atoms with van der Waals surface area (Å²) < 4.78 is 6.31. The number of Topliss-reactive ketones (excluding diaryl/α,β-unsaturated/α-hetero) is 1. The summed E-state index contributed by atoms with van der Waals surface area (Å²) in [4.78, 5) is 48.7. The van der Waals surface area contributed by atoms with Crippen LogP contribution in [0.3, 0.4) is 0 Å². The van der Waals surface area contributed by atoms with E-state index < -0.39 is 17.6 Å². The van der Waals surface area contributed by atoms with E-state index in [0.717, 1.165) is 19.3 Å². The van der Waals surface area contributed by atoms with Crippen LogP contribution in [-0.4, -0.2) is 40.2 Å². The van der Waals surface area contributed by atoms with Crippen molar-refractivity contribution in [2.45, 2.75) is 83.8 Å². The van der Waals surface area contributed by atoms with Crippen LogP contribution in [0.25, 0.3) is 0 Å². The van der Waals surface area contributed by atoms with Crippen LogP contribution in [0, 0.1) is 23.7 Å². The predicted octanol–water partition coefficient (Wildman–Crippen LogP) is 2.08. The summed E-state index contributed by atoms with van der Waals surface area (Å²) in [6, 6.07) is 0. The Bertz CT molecular complexity index is 698. The number of ether oxygens (including phenoxy) is 1. The second-order valence-corrected chi connectivity index (χ2v) is 9.16. The van der Waals surface area contributed by atoms with E-state index in [2.05, 4.69) is 12.3 Å². The Morgan fingerprint density at radius 1 is 1.14 bits per heavy atom. The Morgan fingerprint density at radius 3 is 2.61 bits per heavy atom. The molecule has 4 heterocycles. The number of fused-ring (bicyclic) bond motifs is 2. The number of carbonyl (C=O) groups is 3. The van der Waals surface area contributed by atoms with Crippen LogP contribution in [0.5, 0.6) is 0 Å². The van der Waals surface area contributed by atoms with E-state index in [1.807, 2.05) is 13.8 Å². The van der Waals surface area contributed by atoms with E-state index >= 15 is 0 Å². The van der Waals surface area contributed by atoms with E-state index in [-0.39, 0.29) is 48.2 Å². The highest BCUT2D eigenvalue weighted by atomic mass is 17.3. The van der Waals surface area contributed by atoms with Gasteiger partial charge >= 0.3 is 0 Å². The molecule has 0 aromatic heterocycles. The Morgan fingerprint density at radius 2 is 1.89 bits per heavy atom. The van der Waals surface area contributed by atoms with Gasteiger partial charge in [-0.2, -0.15) is 0 Å². The average Bonchev–Trinajstić information content (AvgIpc) is 2.88. The van der Waals surface area contributed by atoms with Crippen molar-refractivity contribution in [3.8, 4) is 0 Å². The maximum absolute atomic E-state index is 13.2. The fourth-order valence-corrected chi connectivity index (χ4v) is 5.65. The lowest BCUT2D eigenvalue weighted by molar-refractivity contribution is -0.549. The zero-order chi connectivity index (χ0) is 20.3. The second-order valence-electron chi connectivity index (χ2n) is 9.16. The van der Waals surface area contributed by atoms with Crippen molar-refractivity contribution in [3.05, 3.63) is 0 Å². The van der Waals surface area contributed by atoms with Crippen LogP contribution < -0.4 is 5.43 Å². The fourth-order valence-electron chi connectivity index (χ4n) is 5.65. The average molecular weight is 394 g/mol. The lowest BCUT2D eigenvalue weighted by Crippen LogP contribution is -2.77. The van der Waals surface area contributed by atoms with Crippen LogP contribution in [0.2, 0.25) is 0 Å². The lowest BCUT2D eigenvalue weighted by Gasteiger charge is -2.61. The first-order chi connectivity index (χ1) is 13.2. The molecule has 8 heteroatoms. The van der Waals surface area contributed by atoms with Gasteiger partial charge in [0, 0.05) is 31.1 Å². The van der Waals surface area contributed by atoms with Crippen LogP contribution in [-0.2, 0) is 28.9 Å². The number of hydrogen-bond donors (Lipinski definition) is 1. The summed E-state index contributed by atoms with van der Waals surface area (Å²) in [6.07, 6.45) is 2.88. The highest BCUT2D eigenvalue weighted by Gasteiger charge is 2.71. The number of amides is 2. The number of ketones is 1. The van der Waals surface area contributed by atoms with Gasteiger partial charge in [0.05, 0.1) is 0 Å². The van der Waals surface area contributed by atoms with Crippen LogP contribution >= 0.6 is 0 Å². The van der Waals surface area contributed by atoms with Crippen molar-refractivity contribution in [1.82, 2.24) is 10.4 Å². The largest absolute Gasteiger partial charge is 0.319 e. The standard InChI is InChI=1S/C20H30N2O6/c1-11-5-7-15-13(3)17(25)22(21-16(24)8-6-12(2)23)18-20(15)14(11)9-10-19(4,26-18)27-28-20/h11,13-15,18H,5-10H2,1-4H3,(H,21,24). The predicted molar refractivity (Wildman–Crippen MR) is 96.9 cm³/mol. The molecule has 1 saturated carbocycles. The van der Waals surface area contributed by atoms with Gasteiger partial charge in [0.2, 0.25) is 17.6 Å². The quantitative estimate of drug-likeness (QED) is 0.734. The van der Waals surface area contributed by atoms with Crippen molar-refractivity contribution in [2.75, 3.05) is 0 Å². The number of hydrazine groups is 1. The minimum absolute atomic E-state index is 0.0285. The Balaban J connectivity index is 1.70. The Labute approximate surface area is 165 Å².